The Morgan fingerprint density at radius 3 is 2.65 bits per heavy atom. The summed E-state index contributed by atoms with van der Waals surface area (Å²) in [5.41, 5.74) is 0. The molecule has 3 rings (SSSR count). The van der Waals surface area contributed by atoms with Gasteiger partial charge >= 0.3 is 0 Å². The number of nitrogens with zero attached hydrogens (tertiary/aromatic N) is 1. The number of benzene rings is 1. The Kier molecular flexibility index (Phi) is 4.06. The average Bonchev–Trinajstić information content (AvgIpc) is 2.98. The molecule has 2 fully saturated rings. The molecule has 0 spiro atoms. The molecular weight excluding hydrogens is 299 g/mol. The Morgan fingerprint density at radius 2 is 2.00 bits per heavy atom. The van der Waals surface area contributed by atoms with E-state index in [1.807, 2.05) is 4.90 Å². The number of halogens is 2. The van der Waals surface area contributed by atoms with E-state index in [0.717, 1.165) is 26.2 Å². The van der Waals surface area contributed by atoms with E-state index in [-0.39, 0.29) is 12.5 Å². The monoisotopic (exact) mass is 314 g/mol. The number of nitrogens with one attached hydrogen (secondary N) is 1. The van der Waals surface area contributed by atoms with Crippen LogP contribution in [0.2, 0.25) is 10.0 Å². The van der Waals surface area contributed by atoms with Gasteiger partial charge in [0.1, 0.15) is 5.75 Å². The average molecular weight is 315 g/mol. The van der Waals surface area contributed by atoms with E-state index in [1.165, 1.54) is 0 Å². The molecule has 2 aliphatic rings. The van der Waals surface area contributed by atoms with Crippen LogP contribution in [0, 0.1) is 11.8 Å². The summed E-state index contributed by atoms with van der Waals surface area (Å²) in [7, 11) is 0. The first-order chi connectivity index (χ1) is 9.63. The van der Waals surface area contributed by atoms with Gasteiger partial charge in [0.25, 0.3) is 5.91 Å². The highest BCUT2D eigenvalue weighted by Gasteiger charge is 2.37. The number of ether oxygens (including phenoxy) is 1. The van der Waals surface area contributed by atoms with E-state index in [1.54, 1.807) is 18.2 Å². The highest BCUT2D eigenvalue weighted by atomic mass is 35.5. The van der Waals surface area contributed by atoms with Gasteiger partial charge in [-0.15, -0.1) is 0 Å². The first kappa shape index (κ1) is 14.0. The number of hydrogen-bond acceptors (Lipinski definition) is 3. The standard InChI is InChI=1S/C14H16Cl2N2O2/c15-11-1-2-13(12(16)3-11)20-8-14(19)18-6-9-4-17-5-10(9)7-18/h1-3,9-10,17H,4-8H2/t9-,10+. The fourth-order valence-electron chi connectivity index (χ4n) is 2.88. The van der Waals surface area contributed by atoms with Crippen molar-refractivity contribution in [3.63, 3.8) is 0 Å². The van der Waals surface area contributed by atoms with Gasteiger partial charge in [-0.1, -0.05) is 23.2 Å². The molecule has 1 N–H and O–H groups in total. The number of fused-ring (bicyclic) bond motifs is 1. The van der Waals surface area contributed by atoms with Gasteiger partial charge < -0.3 is 15.0 Å². The molecule has 4 nitrogen and oxygen atoms in total. The van der Waals surface area contributed by atoms with Gasteiger partial charge in [-0.05, 0) is 30.0 Å². The molecule has 6 heteroatoms. The minimum Gasteiger partial charge on any atom is -0.482 e. The van der Waals surface area contributed by atoms with Crippen molar-refractivity contribution in [3.8, 4) is 5.75 Å². The molecule has 2 aliphatic heterocycles. The lowest BCUT2D eigenvalue weighted by molar-refractivity contribution is -0.132. The second-order valence-electron chi connectivity index (χ2n) is 5.34. The second kappa shape index (κ2) is 5.80. The maximum atomic E-state index is 12.1. The summed E-state index contributed by atoms with van der Waals surface area (Å²) in [6.45, 7) is 3.70. The van der Waals surface area contributed by atoms with E-state index in [9.17, 15) is 4.79 Å². The molecule has 0 aromatic heterocycles. The maximum absolute atomic E-state index is 12.1. The van der Waals surface area contributed by atoms with Crippen LogP contribution in [0.3, 0.4) is 0 Å². The first-order valence-electron chi connectivity index (χ1n) is 6.70. The van der Waals surface area contributed by atoms with Crippen LogP contribution in [0.1, 0.15) is 0 Å². The van der Waals surface area contributed by atoms with Gasteiger partial charge in [-0.3, -0.25) is 4.79 Å². The van der Waals surface area contributed by atoms with E-state index < -0.39 is 0 Å². The zero-order chi connectivity index (χ0) is 14.1. The van der Waals surface area contributed by atoms with Gasteiger partial charge in [0, 0.05) is 31.2 Å². The highest BCUT2D eigenvalue weighted by Crippen LogP contribution is 2.28. The summed E-state index contributed by atoms with van der Waals surface area (Å²) in [5, 5.41) is 4.33. The molecule has 0 bridgehead atoms. The van der Waals surface area contributed by atoms with Crippen molar-refractivity contribution in [2.24, 2.45) is 11.8 Å². The number of carbonyl (C=O) groups excluding carboxylic acids is 1. The summed E-state index contributed by atoms with van der Waals surface area (Å²) in [6.07, 6.45) is 0. The predicted octanol–water partition coefficient (Wildman–Crippen LogP) is 2.05. The normalized spacial score (nSPS) is 24.8. The van der Waals surface area contributed by atoms with Crippen molar-refractivity contribution in [1.29, 1.82) is 0 Å². The van der Waals surface area contributed by atoms with Gasteiger partial charge in [0.05, 0.1) is 5.02 Å². The molecule has 20 heavy (non-hydrogen) atoms. The van der Waals surface area contributed by atoms with Crippen LogP contribution in [0.15, 0.2) is 18.2 Å². The van der Waals surface area contributed by atoms with E-state index in [2.05, 4.69) is 5.32 Å². The Balaban J connectivity index is 1.54. The van der Waals surface area contributed by atoms with Crippen LogP contribution in [0.4, 0.5) is 0 Å². The van der Waals surface area contributed by atoms with Crippen molar-refractivity contribution in [2.75, 3.05) is 32.8 Å². The van der Waals surface area contributed by atoms with Gasteiger partial charge in [-0.25, -0.2) is 0 Å². The van der Waals surface area contributed by atoms with Crippen LogP contribution in [0.5, 0.6) is 5.75 Å². The minimum absolute atomic E-state index is 0.0189. The van der Waals surface area contributed by atoms with Crippen molar-refractivity contribution in [1.82, 2.24) is 10.2 Å². The van der Waals surface area contributed by atoms with Crippen LogP contribution in [0.25, 0.3) is 0 Å². The van der Waals surface area contributed by atoms with Crippen molar-refractivity contribution in [2.45, 2.75) is 0 Å². The molecule has 2 saturated heterocycles. The lowest BCUT2D eigenvalue weighted by atomic mass is 10.0. The Morgan fingerprint density at radius 1 is 1.30 bits per heavy atom. The predicted molar refractivity (Wildman–Crippen MR) is 78.4 cm³/mol. The van der Waals surface area contributed by atoms with Gasteiger partial charge in [0.2, 0.25) is 0 Å². The lowest BCUT2D eigenvalue weighted by Crippen LogP contribution is -2.35. The highest BCUT2D eigenvalue weighted by molar-refractivity contribution is 6.35. The Labute approximate surface area is 128 Å². The van der Waals surface area contributed by atoms with E-state index in [4.69, 9.17) is 27.9 Å². The van der Waals surface area contributed by atoms with Crippen LogP contribution < -0.4 is 10.1 Å². The summed E-state index contributed by atoms with van der Waals surface area (Å²) in [5.74, 6) is 1.70. The number of carbonyl (C=O) groups is 1. The number of hydrogen-bond donors (Lipinski definition) is 1. The van der Waals surface area contributed by atoms with Crippen molar-refractivity contribution >= 4 is 29.1 Å². The molecule has 0 aliphatic carbocycles. The smallest absolute Gasteiger partial charge is 0.260 e. The lowest BCUT2D eigenvalue weighted by Gasteiger charge is -2.18. The van der Waals surface area contributed by atoms with Crippen molar-refractivity contribution < 1.29 is 9.53 Å². The Bertz CT molecular complexity index is 512. The molecule has 1 aromatic carbocycles. The molecule has 0 radical (unpaired) electrons. The molecule has 2 atom stereocenters. The molecule has 1 aromatic rings. The molecular formula is C14H16Cl2N2O2. The minimum atomic E-state index is 0.0189. The fourth-order valence-corrected chi connectivity index (χ4v) is 3.35. The number of rotatable bonds is 3. The van der Waals surface area contributed by atoms with Crippen LogP contribution in [-0.4, -0.2) is 43.6 Å². The molecule has 2 heterocycles. The zero-order valence-corrected chi connectivity index (χ0v) is 12.5. The topological polar surface area (TPSA) is 41.6 Å². The molecule has 1 amide bonds. The largest absolute Gasteiger partial charge is 0.482 e. The quantitative estimate of drug-likeness (QED) is 0.928. The number of likely N-dealkylation sites (tertiary alicyclic amines) is 1. The van der Waals surface area contributed by atoms with Crippen LogP contribution in [-0.2, 0) is 4.79 Å². The van der Waals surface area contributed by atoms with E-state index >= 15 is 0 Å². The SMILES string of the molecule is O=C(COc1ccc(Cl)cc1Cl)N1C[C@H]2CNC[C@H]2C1. The summed E-state index contributed by atoms with van der Waals surface area (Å²) >= 11 is 11.8. The third-order valence-electron chi connectivity index (χ3n) is 3.99. The van der Waals surface area contributed by atoms with Crippen molar-refractivity contribution in [3.05, 3.63) is 28.2 Å². The molecule has 108 valence electrons. The van der Waals surface area contributed by atoms with Crippen LogP contribution >= 0.6 is 23.2 Å². The van der Waals surface area contributed by atoms with Gasteiger partial charge in [-0.2, -0.15) is 0 Å². The maximum Gasteiger partial charge on any atom is 0.260 e. The molecule has 0 unspecified atom stereocenters. The second-order valence-corrected chi connectivity index (χ2v) is 6.18. The third-order valence-corrected chi connectivity index (χ3v) is 4.52. The molecule has 0 saturated carbocycles. The fraction of sp³-hybridized carbons (Fsp3) is 0.500. The Hall–Kier alpha value is -0.970. The summed E-state index contributed by atoms with van der Waals surface area (Å²) < 4.78 is 5.49. The zero-order valence-electron chi connectivity index (χ0n) is 10.9. The first-order valence-corrected chi connectivity index (χ1v) is 7.45. The van der Waals surface area contributed by atoms with Gasteiger partial charge in [0.15, 0.2) is 6.61 Å². The third kappa shape index (κ3) is 2.87. The summed E-state index contributed by atoms with van der Waals surface area (Å²) in [6, 6.07) is 4.98. The summed E-state index contributed by atoms with van der Waals surface area (Å²) in [4.78, 5) is 14.0. The van der Waals surface area contributed by atoms with E-state index in [0.29, 0.717) is 27.6 Å². The number of amides is 1.